The number of aromatic nitrogens is 2. The van der Waals surface area contributed by atoms with Crippen LogP contribution >= 0.6 is 23.4 Å². The van der Waals surface area contributed by atoms with Gasteiger partial charge in [0.2, 0.25) is 0 Å². The van der Waals surface area contributed by atoms with E-state index in [1.54, 1.807) is 19.2 Å². The fourth-order valence-electron chi connectivity index (χ4n) is 2.03. The predicted molar refractivity (Wildman–Crippen MR) is 99.7 cm³/mol. The molecule has 0 amide bonds. The second-order valence-electron chi connectivity index (χ2n) is 5.08. The van der Waals surface area contributed by atoms with Crippen LogP contribution in [0.4, 0.5) is 5.82 Å². The van der Waals surface area contributed by atoms with Crippen molar-refractivity contribution >= 4 is 35.1 Å². The van der Waals surface area contributed by atoms with Crippen LogP contribution in [-0.4, -0.2) is 35.9 Å². The summed E-state index contributed by atoms with van der Waals surface area (Å²) in [5.74, 6) is 0.609. The molecule has 0 aliphatic carbocycles. The summed E-state index contributed by atoms with van der Waals surface area (Å²) in [4.78, 5) is 20.7. The Kier molecular flexibility index (Phi) is 7.33. The van der Waals surface area contributed by atoms with Crippen molar-refractivity contribution in [1.82, 2.24) is 9.97 Å². The second kappa shape index (κ2) is 9.48. The Morgan fingerprint density at radius 3 is 2.84 bits per heavy atom. The van der Waals surface area contributed by atoms with Crippen LogP contribution in [0.2, 0.25) is 5.02 Å². The van der Waals surface area contributed by atoms with Crippen LogP contribution in [0.3, 0.4) is 0 Å². The molecule has 1 aromatic carbocycles. The lowest BCUT2D eigenvalue weighted by molar-refractivity contribution is 0.0505. The fraction of sp³-hybridized carbons (Fsp3) is 0.353. The number of esters is 1. The predicted octanol–water partition coefficient (Wildman–Crippen LogP) is 4.04. The van der Waals surface area contributed by atoms with E-state index in [9.17, 15) is 4.79 Å². The highest BCUT2D eigenvalue weighted by Crippen LogP contribution is 2.25. The maximum Gasteiger partial charge on any atom is 0.343 e. The molecule has 2 aromatic rings. The molecule has 25 heavy (non-hydrogen) atoms. The maximum atomic E-state index is 12.2. The Morgan fingerprint density at radius 1 is 1.40 bits per heavy atom. The molecule has 0 aliphatic rings. The number of carbonyl (C=O) groups is 1. The van der Waals surface area contributed by atoms with E-state index in [4.69, 9.17) is 21.1 Å². The van der Waals surface area contributed by atoms with E-state index in [0.717, 1.165) is 12.0 Å². The zero-order valence-electron chi connectivity index (χ0n) is 14.3. The van der Waals surface area contributed by atoms with Crippen molar-refractivity contribution in [2.45, 2.75) is 25.0 Å². The van der Waals surface area contributed by atoms with Gasteiger partial charge >= 0.3 is 5.97 Å². The third-order valence-corrected chi connectivity index (χ3v) is 4.14. The Labute approximate surface area is 156 Å². The second-order valence-corrected chi connectivity index (χ2v) is 6.26. The number of ether oxygens (including phenoxy) is 2. The molecule has 0 aliphatic heterocycles. The van der Waals surface area contributed by atoms with Crippen LogP contribution in [-0.2, 0) is 11.3 Å². The van der Waals surface area contributed by atoms with Crippen LogP contribution in [0, 0.1) is 0 Å². The van der Waals surface area contributed by atoms with E-state index in [2.05, 4.69) is 15.3 Å². The minimum absolute atomic E-state index is 0.311. The highest BCUT2D eigenvalue weighted by atomic mass is 35.5. The van der Waals surface area contributed by atoms with E-state index in [-0.39, 0.29) is 0 Å². The van der Waals surface area contributed by atoms with Gasteiger partial charge in [-0.15, -0.1) is 0 Å². The molecule has 0 atom stereocenters. The number of hydrogen-bond donors (Lipinski definition) is 1. The van der Waals surface area contributed by atoms with Crippen molar-refractivity contribution in [3.8, 4) is 5.75 Å². The minimum atomic E-state index is -0.440. The molecule has 1 aromatic heterocycles. The SMILES string of the molecule is CCCOC(=O)c1cnc(SC)nc1NCc1ccc(OC)c(Cl)c1. The van der Waals surface area contributed by atoms with Gasteiger partial charge in [-0.2, -0.15) is 0 Å². The van der Waals surface area contributed by atoms with Crippen LogP contribution in [0.1, 0.15) is 29.3 Å². The number of rotatable bonds is 8. The first-order chi connectivity index (χ1) is 12.1. The third kappa shape index (κ3) is 5.24. The zero-order valence-corrected chi connectivity index (χ0v) is 15.9. The van der Waals surface area contributed by atoms with Crippen molar-refractivity contribution in [1.29, 1.82) is 0 Å². The molecule has 0 saturated heterocycles. The molecule has 0 spiro atoms. The van der Waals surface area contributed by atoms with E-state index >= 15 is 0 Å². The van der Waals surface area contributed by atoms with Crippen molar-refractivity contribution in [3.63, 3.8) is 0 Å². The summed E-state index contributed by atoms with van der Waals surface area (Å²) >= 11 is 7.54. The normalized spacial score (nSPS) is 10.4. The average molecular weight is 382 g/mol. The number of thioether (sulfide) groups is 1. The summed E-state index contributed by atoms with van der Waals surface area (Å²) in [5.41, 5.74) is 1.24. The third-order valence-electron chi connectivity index (χ3n) is 3.28. The van der Waals surface area contributed by atoms with Gasteiger partial charge < -0.3 is 14.8 Å². The highest BCUT2D eigenvalue weighted by Gasteiger charge is 2.16. The number of methoxy groups -OCH3 is 1. The van der Waals surface area contributed by atoms with E-state index in [1.165, 1.54) is 18.0 Å². The van der Waals surface area contributed by atoms with Gasteiger partial charge in [-0.1, -0.05) is 36.4 Å². The van der Waals surface area contributed by atoms with Gasteiger partial charge in [-0.25, -0.2) is 14.8 Å². The van der Waals surface area contributed by atoms with Gasteiger partial charge in [0.15, 0.2) is 5.16 Å². The summed E-state index contributed by atoms with van der Waals surface area (Å²) < 4.78 is 10.3. The molecule has 8 heteroatoms. The topological polar surface area (TPSA) is 73.3 Å². The van der Waals surface area contributed by atoms with E-state index in [1.807, 2.05) is 19.2 Å². The van der Waals surface area contributed by atoms with Crippen molar-refractivity contribution < 1.29 is 14.3 Å². The van der Waals surface area contributed by atoms with Gasteiger partial charge in [0.05, 0.1) is 18.7 Å². The molecule has 6 nitrogen and oxygen atoms in total. The van der Waals surface area contributed by atoms with Gasteiger partial charge in [0.25, 0.3) is 0 Å². The van der Waals surface area contributed by atoms with Crippen LogP contribution < -0.4 is 10.1 Å². The Bertz CT molecular complexity index is 743. The summed E-state index contributed by atoms with van der Waals surface area (Å²) in [7, 11) is 1.57. The molecule has 1 N–H and O–H groups in total. The standard InChI is InChI=1S/C17H20ClN3O3S/c1-4-7-24-16(22)12-10-20-17(25-3)21-15(12)19-9-11-5-6-14(23-2)13(18)8-11/h5-6,8,10H,4,7,9H2,1-3H3,(H,19,20,21). The molecular weight excluding hydrogens is 362 g/mol. The molecule has 134 valence electrons. The smallest absolute Gasteiger partial charge is 0.343 e. The first-order valence-corrected chi connectivity index (χ1v) is 9.33. The van der Waals surface area contributed by atoms with Crippen LogP contribution in [0.25, 0.3) is 0 Å². The fourth-order valence-corrected chi connectivity index (χ4v) is 2.65. The molecule has 0 unspecified atom stereocenters. The van der Waals surface area contributed by atoms with Gasteiger partial charge in [-0.3, -0.25) is 0 Å². The monoisotopic (exact) mass is 381 g/mol. The van der Waals surface area contributed by atoms with Crippen LogP contribution in [0.5, 0.6) is 5.75 Å². The number of benzene rings is 1. The van der Waals surface area contributed by atoms with Crippen molar-refractivity contribution in [2.75, 3.05) is 25.3 Å². The lowest BCUT2D eigenvalue weighted by Gasteiger charge is -2.12. The summed E-state index contributed by atoms with van der Waals surface area (Å²) in [6, 6.07) is 5.49. The summed E-state index contributed by atoms with van der Waals surface area (Å²) in [5, 5.41) is 4.26. The molecule has 2 rings (SSSR count). The number of carbonyl (C=O) groups excluding carboxylic acids is 1. The molecular formula is C17H20ClN3O3S. The number of nitrogens with one attached hydrogen (secondary N) is 1. The Balaban J connectivity index is 2.18. The molecule has 0 saturated carbocycles. The quantitative estimate of drug-likeness (QED) is 0.420. The molecule has 0 radical (unpaired) electrons. The van der Waals surface area contributed by atoms with Crippen molar-refractivity contribution in [2.24, 2.45) is 0 Å². The van der Waals surface area contributed by atoms with E-state index in [0.29, 0.717) is 40.5 Å². The lowest BCUT2D eigenvalue weighted by atomic mass is 10.2. The van der Waals surface area contributed by atoms with Crippen LogP contribution in [0.15, 0.2) is 29.6 Å². The number of hydrogen-bond acceptors (Lipinski definition) is 7. The minimum Gasteiger partial charge on any atom is -0.495 e. The average Bonchev–Trinajstić information content (AvgIpc) is 2.64. The number of halogens is 1. The Morgan fingerprint density at radius 2 is 2.20 bits per heavy atom. The zero-order chi connectivity index (χ0) is 18.2. The van der Waals surface area contributed by atoms with Gasteiger partial charge in [0, 0.05) is 12.7 Å². The van der Waals surface area contributed by atoms with Gasteiger partial charge in [-0.05, 0) is 30.4 Å². The van der Waals surface area contributed by atoms with Gasteiger partial charge in [0.1, 0.15) is 17.1 Å². The summed E-state index contributed by atoms with van der Waals surface area (Å²) in [6.07, 6.45) is 4.11. The van der Waals surface area contributed by atoms with Crippen molar-refractivity contribution in [3.05, 3.63) is 40.5 Å². The maximum absolute atomic E-state index is 12.2. The van der Waals surface area contributed by atoms with E-state index < -0.39 is 5.97 Å². The highest BCUT2D eigenvalue weighted by molar-refractivity contribution is 7.98. The largest absolute Gasteiger partial charge is 0.495 e. The Hall–Kier alpha value is -1.99. The summed E-state index contributed by atoms with van der Waals surface area (Å²) in [6.45, 7) is 2.74. The first-order valence-electron chi connectivity index (χ1n) is 7.73. The number of anilines is 1. The molecule has 0 fully saturated rings. The molecule has 0 bridgehead atoms. The lowest BCUT2D eigenvalue weighted by Crippen LogP contribution is -2.13. The first kappa shape index (κ1) is 19.3. The number of nitrogens with zero attached hydrogens (tertiary/aromatic N) is 2. The molecule has 1 heterocycles.